The molecular weight excluding hydrogens is 206 g/mol. The fraction of sp³-hybridized carbons (Fsp3) is 0.636. The van der Waals surface area contributed by atoms with Gasteiger partial charge < -0.3 is 5.32 Å². The van der Waals surface area contributed by atoms with Gasteiger partial charge in [0.2, 0.25) is 0 Å². The molecule has 0 saturated carbocycles. The van der Waals surface area contributed by atoms with E-state index in [1.165, 1.54) is 25.0 Å². The molecule has 1 aromatic heterocycles. The molecule has 1 N–H and O–H groups in total. The number of aromatic nitrogens is 2. The third kappa shape index (κ3) is 5.62. The smallest absolute Gasteiger partial charge is 0.148 e. The Morgan fingerprint density at radius 3 is 2.93 bits per heavy atom. The molecule has 0 aliphatic carbocycles. The molecule has 0 fully saturated rings. The highest BCUT2D eigenvalue weighted by atomic mass is 32.2. The van der Waals surface area contributed by atoms with Gasteiger partial charge in [0.05, 0.1) is 6.20 Å². The molecule has 0 aromatic carbocycles. The topological polar surface area (TPSA) is 37.8 Å². The van der Waals surface area contributed by atoms with Gasteiger partial charge in [0, 0.05) is 6.54 Å². The van der Waals surface area contributed by atoms with E-state index in [0.29, 0.717) is 0 Å². The van der Waals surface area contributed by atoms with Crippen LogP contribution < -0.4 is 5.32 Å². The number of rotatable bonds is 7. The van der Waals surface area contributed by atoms with Crippen molar-refractivity contribution in [3.63, 3.8) is 0 Å². The van der Waals surface area contributed by atoms with Crippen LogP contribution in [0.1, 0.15) is 24.8 Å². The first-order chi connectivity index (χ1) is 7.33. The Kier molecular flexibility index (Phi) is 6.16. The van der Waals surface area contributed by atoms with Gasteiger partial charge in [-0.3, -0.25) is 0 Å². The van der Waals surface area contributed by atoms with Gasteiger partial charge >= 0.3 is 0 Å². The van der Waals surface area contributed by atoms with Crippen molar-refractivity contribution in [1.29, 1.82) is 0 Å². The lowest BCUT2D eigenvalue weighted by Gasteiger charge is -2.04. The molecule has 4 heteroatoms. The molecule has 3 nitrogen and oxygen atoms in total. The molecule has 0 bridgehead atoms. The lowest BCUT2D eigenvalue weighted by molar-refractivity contribution is 0.747. The highest BCUT2D eigenvalue weighted by Crippen LogP contribution is 2.05. The largest absolute Gasteiger partial charge is 0.369 e. The third-order valence-electron chi connectivity index (χ3n) is 2.12. The Labute approximate surface area is 96.1 Å². The molecule has 0 radical (unpaired) electrons. The van der Waals surface area contributed by atoms with Crippen molar-refractivity contribution in [3.8, 4) is 0 Å². The minimum Gasteiger partial charge on any atom is -0.369 e. The lowest BCUT2D eigenvalue weighted by Crippen LogP contribution is -2.04. The summed E-state index contributed by atoms with van der Waals surface area (Å²) in [7, 11) is 0. The molecule has 0 unspecified atom stereocenters. The van der Waals surface area contributed by atoms with Gasteiger partial charge in [-0.25, -0.2) is 0 Å². The van der Waals surface area contributed by atoms with Gasteiger partial charge in [0.15, 0.2) is 0 Å². The number of hydrogen-bond donors (Lipinski definition) is 1. The predicted octanol–water partition coefficient (Wildman–Crippen LogP) is 2.73. The zero-order valence-corrected chi connectivity index (χ0v) is 10.3. The van der Waals surface area contributed by atoms with E-state index in [1.54, 1.807) is 6.20 Å². The van der Waals surface area contributed by atoms with Crippen LogP contribution in [0, 0.1) is 6.92 Å². The number of thioether (sulfide) groups is 1. The summed E-state index contributed by atoms with van der Waals surface area (Å²) in [6.07, 6.45) is 7.72. The maximum absolute atomic E-state index is 4.01. The van der Waals surface area contributed by atoms with E-state index in [2.05, 4.69) is 21.8 Å². The van der Waals surface area contributed by atoms with Crippen LogP contribution in [0.2, 0.25) is 0 Å². The van der Waals surface area contributed by atoms with Crippen LogP contribution in [-0.2, 0) is 0 Å². The van der Waals surface area contributed by atoms with E-state index in [0.717, 1.165) is 17.9 Å². The third-order valence-corrected chi connectivity index (χ3v) is 2.82. The van der Waals surface area contributed by atoms with Crippen LogP contribution in [-0.4, -0.2) is 28.8 Å². The van der Waals surface area contributed by atoms with Gasteiger partial charge in [-0.05, 0) is 43.4 Å². The number of nitrogens with zero attached hydrogens (tertiary/aromatic N) is 2. The molecule has 0 amide bonds. The van der Waals surface area contributed by atoms with Crippen LogP contribution in [0.25, 0.3) is 0 Å². The average molecular weight is 225 g/mol. The summed E-state index contributed by atoms with van der Waals surface area (Å²) < 4.78 is 0. The fourth-order valence-electron chi connectivity index (χ4n) is 1.31. The molecule has 0 aliphatic heterocycles. The quantitative estimate of drug-likeness (QED) is 0.724. The summed E-state index contributed by atoms with van der Waals surface area (Å²) >= 11 is 1.92. The minimum atomic E-state index is 0.889. The number of nitrogens with one attached hydrogen (secondary N) is 1. The summed E-state index contributed by atoms with van der Waals surface area (Å²) in [6.45, 7) is 3.02. The first-order valence-electron chi connectivity index (χ1n) is 5.35. The van der Waals surface area contributed by atoms with Crippen molar-refractivity contribution in [2.45, 2.75) is 26.2 Å². The molecule has 0 atom stereocenters. The maximum atomic E-state index is 4.01. The van der Waals surface area contributed by atoms with Crippen LogP contribution >= 0.6 is 11.8 Å². The number of unbranched alkanes of at least 4 members (excludes halogenated alkanes) is 2. The Balaban J connectivity index is 2.10. The predicted molar refractivity (Wildman–Crippen MR) is 67.5 cm³/mol. The Bertz CT molecular complexity index is 278. The summed E-state index contributed by atoms with van der Waals surface area (Å²) in [5, 5.41) is 11.2. The van der Waals surface area contributed by atoms with E-state index >= 15 is 0 Å². The van der Waals surface area contributed by atoms with Crippen molar-refractivity contribution in [2.24, 2.45) is 0 Å². The molecule has 0 spiro atoms. The van der Waals surface area contributed by atoms with E-state index in [1.807, 2.05) is 24.8 Å². The second-order valence-electron chi connectivity index (χ2n) is 3.60. The lowest BCUT2D eigenvalue weighted by atomic mass is 10.2. The summed E-state index contributed by atoms with van der Waals surface area (Å²) in [5.74, 6) is 2.16. The van der Waals surface area contributed by atoms with Gasteiger partial charge in [-0.2, -0.15) is 16.9 Å². The van der Waals surface area contributed by atoms with Crippen LogP contribution in [0.5, 0.6) is 0 Å². The molecular formula is C11H19N3S. The molecule has 84 valence electrons. The normalized spacial score (nSPS) is 10.3. The highest BCUT2D eigenvalue weighted by Gasteiger charge is 1.94. The molecule has 1 heterocycles. The van der Waals surface area contributed by atoms with Crippen molar-refractivity contribution < 1.29 is 0 Å². The van der Waals surface area contributed by atoms with Gasteiger partial charge in [-0.15, -0.1) is 5.10 Å². The second-order valence-corrected chi connectivity index (χ2v) is 4.58. The van der Waals surface area contributed by atoms with Crippen molar-refractivity contribution in [3.05, 3.63) is 17.8 Å². The first-order valence-corrected chi connectivity index (χ1v) is 6.74. The SMILES string of the molecule is CSCCCCCNc1cc(C)cnn1. The van der Waals surface area contributed by atoms with Crippen LogP contribution in [0.3, 0.4) is 0 Å². The summed E-state index contributed by atoms with van der Waals surface area (Å²) in [5.41, 5.74) is 1.15. The van der Waals surface area contributed by atoms with Crippen LogP contribution in [0.15, 0.2) is 12.3 Å². The number of hydrogen-bond acceptors (Lipinski definition) is 4. The number of anilines is 1. The maximum Gasteiger partial charge on any atom is 0.148 e. The van der Waals surface area contributed by atoms with Gasteiger partial charge in [0.25, 0.3) is 0 Å². The van der Waals surface area contributed by atoms with Gasteiger partial charge in [-0.1, -0.05) is 6.42 Å². The molecule has 0 saturated heterocycles. The Morgan fingerprint density at radius 2 is 2.20 bits per heavy atom. The van der Waals surface area contributed by atoms with Crippen LogP contribution in [0.4, 0.5) is 5.82 Å². The molecule has 1 aromatic rings. The second kappa shape index (κ2) is 7.51. The first kappa shape index (κ1) is 12.3. The minimum absolute atomic E-state index is 0.889. The van der Waals surface area contributed by atoms with E-state index < -0.39 is 0 Å². The standard InChI is InChI=1S/C11H19N3S/c1-10-8-11(14-13-9-10)12-6-4-3-5-7-15-2/h8-9H,3-7H2,1-2H3,(H,12,14). The van der Waals surface area contributed by atoms with Crippen molar-refractivity contribution in [2.75, 3.05) is 23.9 Å². The van der Waals surface area contributed by atoms with Crippen molar-refractivity contribution in [1.82, 2.24) is 10.2 Å². The highest BCUT2D eigenvalue weighted by molar-refractivity contribution is 7.98. The van der Waals surface area contributed by atoms with E-state index in [4.69, 9.17) is 0 Å². The summed E-state index contributed by atoms with van der Waals surface area (Å²) in [4.78, 5) is 0. The Hall–Kier alpha value is -0.770. The number of aryl methyl sites for hydroxylation is 1. The fourth-order valence-corrected chi connectivity index (χ4v) is 1.81. The van der Waals surface area contributed by atoms with E-state index in [9.17, 15) is 0 Å². The molecule has 15 heavy (non-hydrogen) atoms. The molecule has 0 aliphatic rings. The monoisotopic (exact) mass is 225 g/mol. The zero-order valence-electron chi connectivity index (χ0n) is 9.49. The Morgan fingerprint density at radius 1 is 1.33 bits per heavy atom. The summed E-state index contributed by atoms with van der Waals surface area (Å²) in [6, 6.07) is 2.02. The molecule has 1 rings (SSSR count). The van der Waals surface area contributed by atoms with Crippen molar-refractivity contribution >= 4 is 17.6 Å². The van der Waals surface area contributed by atoms with Gasteiger partial charge in [0.1, 0.15) is 5.82 Å². The average Bonchev–Trinajstić information content (AvgIpc) is 2.23. The zero-order chi connectivity index (χ0) is 10.9. The van der Waals surface area contributed by atoms with E-state index in [-0.39, 0.29) is 0 Å².